The molecule has 0 aliphatic carbocycles. The first-order valence-electron chi connectivity index (χ1n) is 8.07. The van der Waals surface area contributed by atoms with Gasteiger partial charge in [-0.15, -0.1) is 0 Å². The monoisotopic (exact) mass is 308 g/mol. The Labute approximate surface area is 135 Å². The predicted molar refractivity (Wildman–Crippen MR) is 92.4 cm³/mol. The van der Waals surface area contributed by atoms with E-state index in [1.807, 2.05) is 16.1 Å². The highest BCUT2D eigenvalue weighted by Gasteiger charge is 2.21. The zero-order valence-electron chi connectivity index (χ0n) is 13.7. The summed E-state index contributed by atoms with van der Waals surface area (Å²) in [5.74, 6) is 0.421. The molecule has 0 atom stereocenters. The van der Waals surface area contributed by atoms with E-state index in [2.05, 4.69) is 61.5 Å². The maximum absolute atomic E-state index is 6.30. The van der Waals surface area contributed by atoms with Gasteiger partial charge in [-0.3, -0.25) is 5.01 Å². The van der Waals surface area contributed by atoms with Crippen LogP contribution in [0.4, 0.5) is 5.69 Å². The molecular weight excluding hydrogens is 288 g/mol. The molecule has 2 heterocycles. The highest BCUT2D eigenvalue weighted by atomic mass is 16.3. The van der Waals surface area contributed by atoms with Gasteiger partial charge in [0, 0.05) is 17.3 Å². The fourth-order valence-electron chi connectivity index (χ4n) is 3.09. The van der Waals surface area contributed by atoms with Crippen molar-refractivity contribution in [3.8, 4) is 0 Å². The minimum Gasteiger partial charge on any atom is -0.453 e. The summed E-state index contributed by atoms with van der Waals surface area (Å²) in [5.41, 5.74) is 4.07. The SMILES string of the molecule is CCN1CN(c2cccc3c2oc2c(C(C)C)cccc23)N=N1. The van der Waals surface area contributed by atoms with Crippen molar-refractivity contribution in [2.75, 3.05) is 18.2 Å². The van der Waals surface area contributed by atoms with Crippen molar-refractivity contribution in [1.29, 1.82) is 0 Å². The molecule has 0 radical (unpaired) electrons. The quantitative estimate of drug-likeness (QED) is 0.677. The lowest BCUT2D eigenvalue weighted by Gasteiger charge is -2.14. The highest BCUT2D eigenvalue weighted by Crippen LogP contribution is 2.38. The second-order valence-corrected chi connectivity index (χ2v) is 6.18. The van der Waals surface area contributed by atoms with Crippen LogP contribution in [0.15, 0.2) is 51.3 Å². The minimum atomic E-state index is 0.421. The largest absolute Gasteiger partial charge is 0.453 e. The van der Waals surface area contributed by atoms with Crippen molar-refractivity contribution < 1.29 is 4.42 Å². The number of para-hydroxylation sites is 2. The Morgan fingerprint density at radius 2 is 1.78 bits per heavy atom. The van der Waals surface area contributed by atoms with Crippen LogP contribution in [0.2, 0.25) is 0 Å². The normalized spacial score (nSPS) is 14.8. The summed E-state index contributed by atoms with van der Waals surface area (Å²) in [4.78, 5) is 0. The van der Waals surface area contributed by atoms with E-state index in [1.165, 1.54) is 5.56 Å². The van der Waals surface area contributed by atoms with Crippen LogP contribution in [0.25, 0.3) is 21.9 Å². The standard InChI is InChI=1S/C18H20N4O/c1-4-21-11-22(20-19-21)16-10-6-9-15-14-8-5-7-13(12(2)3)17(14)23-18(15)16/h5-10,12H,4,11H2,1-3H3. The zero-order chi connectivity index (χ0) is 16.0. The number of hydrogen-bond donors (Lipinski definition) is 0. The van der Waals surface area contributed by atoms with Gasteiger partial charge in [-0.25, -0.2) is 5.01 Å². The van der Waals surface area contributed by atoms with Crippen molar-refractivity contribution >= 4 is 27.6 Å². The number of furan rings is 1. The topological polar surface area (TPSA) is 44.3 Å². The second kappa shape index (κ2) is 5.26. The molecule has 1 aromatic heterocycles. The van der Waals surface area contributed by atoms with Gasteiger partial charge in [-0.05, 0) is 29.7 Å². The maximum Gasteiger partial charge on any atom is 0.160 e. The van der Waals surface area contributed by atoms with Crippen molar-refractivity contribution in [3.63, 3.8) is 0 Å². The fourth-order valence-corrected chi connectivity index (χ4v) is 3.09. The third-order valence-electron chi connectivity index (χ3n) is 4.37. The summed E-state index contributed by atoms with van der Waals surface area (Å²) in [6.45, 7) is 7.95. The fraction of sp³-hybridized carbons (Fsp3) is 0.333. The number of anilines is 1. The molecule has 23 heavy (non-hydrogen) atoms. The first-order chi connectivity index (χ1) is 11.2. The van der Waals surface area contributed by atoms with Crippen LogP contribution in [0.1, 0.15) is 32.3 Å². The first kappa shape index (κ1) is 14.1. The van der Waals surface area contributed by atoms with Gasteiger partial charge < -0.3 is 4.42 Å². The van der Waals surface area contributed by atoms with E-state index in [4.69, 9.17) is 4.42 Å². The number of nitrogens with zero attached hydrogens (tertiary/aromatic N) is 4. The molecule has 2 aromatic carbocycles. The second-order valence-electron chi connectivity index (χ2n) is 6.18. The lowest BCUT2D eigenvalue weighted by molar-refractivity contribution is 0.334. The Morgan fingerprint density at radius 3 is 2.48 bits per heavy atom. The molecule has 0 unspecified atom stereocenters. The molecule has 0 spiro atoms. The number of benzene rings is 2. The van der Waals surface area contributed by atoms with Crippen LogP contribution < -0.4 is 5.01 Å². The summed E-state index contributed by atoms with van der Waals surface area (Å²) in [6.07, 6.45) is 0. The Hall–Kier alpha value is -2.56. The van der Waals surface area contributed by atoms with E-state index in [1.54, 1.807) is 0 Å². The maximum atomic E-state index is 6.30. The van der Waals surface area contributed by atoms with Crippen LogP contribution in [0, 0.1) is 0 Å². The summed E-state index contributed by atoms with van der Waals surface area (Å²) >= 11 is 0. The molecule has 1 aliphatic rings. The Kier molecular flexibility index (Phi) is 3.22. The Morgan fingerprint density at radius 1 is 1.04 bits per heavy atom. The van der Waals surface area contributed by atoms with Crippen molar-refractivity contribution in [3.05, 3.63) is 42.0 Å². The van der Waals surface area contributed by atoms with Crippen LogP contribution in [0.5, 0.6) is 0 Å². The number of hydrogen-bond acceptors (Lipinski definition) is 5. The van der Waals surface area contributed by atoms with Crippen molar-refractivity contribution in [2.45, 2.75) is 26.7 Å². The van der Waals surface area contributed by atoms with Gasteiger partial charge in [0.25, 0.3) is 0 Å². The van der Waals surface area contributed by atoms with Gasteiger partial charge in [-0.1, -0.05) is 49.4 Å². The van der Waals surface area contributed by atoms with E-state index >= 15 is 0 Å². The van der Waals surface area contributed by atoms with Gasteiger partial charge in [0.1, 0.15) is 17.9 Å². The molecule has 0 bridgehead atoms. The average molecular weight is 308 g/mol. The van der Waals surface area contributed by atoms with Crippen molar-refractivity contribution in [1.82, 2.24) is 5.01 Å². The van der Waals surface area contributed by atoms with Gasteiger partial charge in [0.2, 0.25) is 0 Å². The third-order valence-corrected chi connectivity index (χ3v) is 4.37. The average Bonchev–Trinajstić information content (AvgIpc) is 3.18. The number of fused-ring (bicyclic) bond motifs is 3. The third kappa shape index (κ3) is 2.15. The molecule has 5 heteroatoms. The van der Waals surface area contributed by atoms with Crippen LogP contribution >= 0.6 is 0 Å². The first-order valence-corrected chi connectivity index (χ1v) is 8.07. The van der Waals surface area contributed by atoms with Crippen LogP contribution in [-0.4, -0.2) is 18.2 Å². The predicted octanol–water partition coefficient (Wildman–Crippen LogP) is 5.09. The molecule has 1 aliphatic heterocycles. The molecule has 0 saturated carbocycles. The van der Waals surface area contributed by atoms with E-state index in [0.29, 0.717) is 12.6 Å². The van der Waals surface area contributed by atoms with Crippen LogP contribution in [0.3, 0.4) is 0 Å². The summed E-state index contributed by atoms with van der Waals surface area (Å²) < 4.78 is 6.30. The minimum absolute atomic E-state index is 0.421. The van der Waals surface area contributed by atoms with E-state index in [-0.39, 0.29) is 0 Å². The number of rotatable bonds is 3. The highest BCUT2D eigenvalue weighted by molar-refractivity contribution is 6.09. The molecule has 0 saturated heterocycles. The lowest BCUT2D eigenvalue weighted by atomic mass is 10.0. The molecule has 0 N–H and O–H groups in total. The summed E-state index contributed by atoms with van der Waals surface area (Å²) in [5, 5.41) is 14.5. The Balaban J connectivity index is 1.92. The van der Waals surface area contributed by atoms with Crippen LogP contribution in [-0.2, 0) is 0 Å². The van der Waals surface area contributed by atoms with E-state index in [9.17, 15) is 0 Å². The Bertz CT molecular complexity index is 897. The smallest absolute Gasteiger partial charge is 0.160 e. The zero-order valence-corrected chi connectivity index (χ0v) is 13.7. The summed E-state index contributed by atoms with van der Waals surface area (Å²) in [6, 6.07) is 12.6. The molecule has 3 aromatic rings. The molecule has 0 fully saturated rings. The molecule has 5 nitrogen and oxygen atoms in total. The molecular formula is C18H20N4O. The molecule has 4 rings (SSSR count). The van der Waals surface area contributed by atoms with E-state index < -0.39 is 0 Å². The molecule has 0 amide bonds. The van der Waals surface area contributed by atoms with Gasteiger partial charge in [0.05, 0.1) is 0 Å². The van der Waals surface area contributed by atoms with Gasteiger partial charge in [-0.2, -0.15) is 0 Å². The van der Waals surface area contributed by atoms with Crippen molar-refractivity contribution in [2.24, 2.45) is 10.4 Å². The van der Waals surface area contributed by atoms with Gasteiger partial charge >= 0.3 is 0 Å². The van der Waals surface area contributed by atoms with Gasteiger partial charge in [0.15, 0.2) is 5.58 Å². The van der Waals surface area contributed by atoms with E-state index in [0.717, 1.165) is 34.2 Å². The lowest BCUT2D eigenvalue weighted by Crippen LogP contribution is -2.24. The molecule has 118 valence electrons. The summed E-state index contributed by atoms with van der Waals surface area (Å²) in [7, 11) is 0.